The van der Waals surface area contributed by atoms with Gasteiger partial charge in [-0.1, -0.05) is 0 Å². The van der Waals surface area contributed by atoms with Crippen molar-refractivity contribution in [3.8, 4) is 0 Å². The quantitative estimate of drug-likeness (QED) is 0.569. The molecule has 0 radical (unpaired) electrons. The maximum atomic E-state index is 13.0. The van der Waals surface area contributed by atoms with Gasteiger partial charge in [0.25, 0.3) is 5.56 Å². The van der Waals surface area contributed by atoms with Crippen LogP contribution in [0.15, 0.2) is 20.7 Å². The van der Waals surface area contributed by atoms with E-state index in [0.717, 1.165) is 15.3 Å². The topological polar surface area (TPSA) is 105 Å². The third kappa shape index (κ3) is 4.53. The molecule has 0 unspecified atom stereocenters. The summed E-state index contributed by atoms with van der Waals surface area (Å²) >= 11 is 0. The Morgan fingerprint density at radius 2 is 1.71 bits per heavy atom. The van der Waals surface area contributed by atoms with Crippen molar-refractivity contribution in [1.82, 2.24) is 23.2 Å². The Morgan fingerprint density at radius 3 is 2.32 bits per heavy atom. The van der Waals surface area contributed by atoms with Crippen molar-refractivity contribution >= 4 is 15.9 Å². The fourth-order valence-electron chi connectivity index (χ4n) is 3.30. The lowest BCUT2D eigenvalue weighted by Gasteiger charge is -2.25. The highest BCUT2D eigenvalue weighted by Gasteiger charge is 2.31. The third-order valence-electron chi connectivity index (χ3n) is 5.06. The highest BCUT2D eigenvalue weighted by atomic mass is 32.2. The van der Waals surface area contributed by atoms with Crippen LogP contribution in [-0.4, -0.2) is 83.4 Å². The summed E-state index contributed by atoms with van der Waals surface area (Å²) in [4.78, 5) is 39.8. The summed E-state index contributed by atoms with van der Waals surface area (Å²) in [6.45, 7) is 6.81. The molecule has 1 aliphatic heterocycles. The second-order valence-electron chi connectivity index (χ2n) is 6.85. The Balaban J connectivity index is 2.19. The first-order valence-corrected chi connectivity index (χ1v) is 10.8. The zero-order valence-corrected chi connectivity index (χ0v) is 17.7. The predicted octanol–water partition coefficient (Wildman–Crippen LogP) is -1.35. The van der Waals surface area contributed by atoms with Gasteiger partial charge in [-0.2, -0.15) is 4.31 Å². The van der Waals surface area contributed by atoms with Gasteiger partial charge in [-0.15, -0.1) is 0 Å². The number of aryl methyl sites for hydroxylation is 1. The van der Waals surface area contributed by atoms with E-state index in [9.17, 15) is 22.8 Å². The summed E-state index contributed by atoms with van der Waals surface area (Å²) in [5.41, 5.74) is -1.41. The van der Waals surface area contributed by atoms with Crippen molar-refractivity contribution < 1.29 is 13.2 Å². The van der Waals surface area contributed by atoms with Gasteiger partial charge in [0.1, 0.15) is 0 Å². The number of carbonyl (C=O) groups excluding carboxylic acids is 1. The maximum absolute atomic E-state index is 13.0. The first kappa shape index (κ1) is 22.3. The van der Waals surface area contributed by atoms with Crippen LogP contribution in [0.4, 0.5) is 0 Å². The SMILES string of the molecule is CCN(CC)C(=O)CN1CCCN(S(=O)(=O)c2cn(C)c(=O)n(C)c2=O)CC1. The van der Waals surface area contributed by atoms with E-state index in [1.807, 2.05) is 18.7 Å². The fraction of sp³-hybridized carbons (Fsp3) is 0.706. The lowest BCUT2D eigenvalue weighted by Crippen LogP contribution is -2.44. The predicted molar refractivity (Wildman–Crippen MR) is 105 cm³/mol. The Kier molecular flexibility index (Phi) is 7.18. The van der Waals surface area contributed by atoms with E-state index in [2.05, 4.69) is 0 Å². The number of amides is 1. The van der Waals surface area contributed by atoms with Crippen LogP contribution in [0.25, 0.3) is 0 Å². The number of carbonyl (C=O) groups is 1. The Bertz CT molecular complexity index is 932. The van der Waals surface area contributed by atoms with Crippen LogP contribution >= 0.6 is 0 Å². The van der Waals surface area contributed by atoms with Gasteiger partial charge in [-0.25, -0.2) is 13.2 Å². The van der Waals surface area contributed by atoms with E-state index in [-0.39, 0.29) is 25.5 Å². The lowest BCUT2D eigenvalue weighted by atomic mass is 10.3. The highest BCUT2D eigenvalue weighted by molar-refractivity contribution is 7.89. The second kappa shape index (κ2) is 9.01. The minimum absolute atomic E-state index is 0.0215. The van der Waals surface area contributed by atoms with Crippen molar-refractivity contribution in [2.75, 3.05) is 45.8 Å². The average Bonchev–Trinajstić information content (AvgIpc) is 2.90. The van der Waals surface area contributed by atoms with Gasteiger partial charge in [-0.3, -0.25) is 19.1 Å². The molecule has 1 aromatic heterocycles. The Hall–Kier alpha value is -1.98. The molecular weight excluding hydrogens is 386 g/mol. The van der Waals surface area contributed by atoms with Crippen molar-refractivity contribution in [3.63, 3.8) is 0 Å². The highest BCUT2D eigenvalue weighted by Crippen LogP contribution is 2.14. The van der Waals surface area contributed by atoms with Crippen molar-refractivity contribution in [2.24, 2.45) is 14.1 Å². The van der Waals surface area contributed by atoms with E-state index in [4.69, 9.17) is 0 Å². The lowest BCUT2D eigenvalue weighted by molar-refractivity contribution is -0.132. The largest absolute Gasteiger partial charge is 0.342 e. The summed E-state index contributed by atoms with van der Waals surface area (Å²) in [5, 5.41) is 0. The van der Waals surface area contributed by atoms with Crippen LogP contribution < -0.4 is 11.2 Å². The summed E-state index contributed by atoms with van der Waals surface area (Å²) < 4.78 is 29.2. The van der Waals surface area contributed by atoms with Crippen LogP contribution in [0, 0.1) is 0 Å². The Morgan fingerprint density at radius 1 is 1.07 bits per heavy atom. The van der Waals surface area contributed by atoms with Crippen LogP contribution in [0.3, 0.4) is 0 Å². The van der Waals surface area contributed by atoms with Crippen molar-refractivity contribution in [3.05, 3.63) is 27.0 Å². The van der Waals surface area contributed by atoms with Crippen molar-refractivity contribution in [2.45, 2.75) is 25.2 Å². The van der Waals surface area contributed by atoms with Gasteiger partial charge in [-0.05, 0) is 26.8 Å². The summed E-state index contributed by atoms with van der Waals surface area (Å²) in [7, 11) is -1.37. The molecular formula is C17H29N5O5S. The number of likely N-dealkylation sites (N-methyl/N-ethyl adjacent to an activating group) is 1. The first-order chi connectivity index (χ1) is 13.1. The average molecular weight is 416 g/mol. The van der Waals surface area contributed by atoms with E-state index >= 15 is 0 Å². The second-order valence-corrected chi connectivity index (χ2v) is 8.76. The van der Waals surface area contributed by atoms with Gasteiger partial charge in [0.2, 0.25) is 15.9 Å². The molecule has 158 valence electrons. The minimum Gasteiger partial charge on any atom is -0.342 e. The molecule has 0 aromatic carbocycles. The fourth-order valence-corrected chi connectivity index (χ4v) is 4.92. The molecule has 1 aliphatic rings. The smallest absolute Gasteiger partial charge is 0.330 e. The van der Waals surface area contributed by atoms with Gasteiger partial charge >= 0.3 is 5.69 Å². The van der Waals surface area contributed by atoms with Gasteiger partial charge < -0.3 is 9.47 Å². The van der Waals surface area contributed by atoms with E-state index < -0.39 is 26.2 Å². The third-order valence-corrected chi connectivity index (χ3v) is 6.94. The molecule has 1 amide bonds. The van der Waals surface area contributed by atoms with Gasteiger partial charge in [0, 0.05) is 53.0 Å². The molecule has 1 saturated heterocycles. The van der Waals surface area contributed by atoms with E-state index in [1.54, 1.807) is 4.90 Å². The summed E-state index contributed by atoms with van der Waals surface area (Å²) in [6.07, 6.45) is 1.63. The standard InChI is InChI=1S/C17H29N5O5S/c1-5-21(6-2)15(23)13-20-8-7-9-22(11-10-20)28(26,27)14-12-18(3)17(25)19(4)16(14)24/h12H,5-11,13H2,1-4H3. The molecule has 28 heavy (non-hydrogen) atoms. The monoisotopic (exact) mass is 415 g/mol. The molecule has 0 N–H and O–H groups in total. The molecule has 1 fully saturated rings. The molecule has 11 heteroatoms. The number of sulfonamides is 1. The molecule has 0 saturated carbocycles. The van der Waals surface area contributed by atoms with Crippen LogP contribution in [0.1, 0.15) is 20.3 Å². The zero-order valence-electron chi connectivity index (χ0n) is 16.9. The Labute approximate surface area is 165 Å². The molecule has 0 aliphatic carbocycles. The van der Waals surface area contributed by atoms with Crippen LogP contribution in [-0.2, 0) is 28.9 Å². The number of hydrogen-bond donors (Lipinski definition) is 0. The van der Waals surface area contributed by atoms with Gasteiger partial charge in [0.05, 0.1) is 6.54 Å². The summed E-state index contributed by atoms with van der Waals surface area (Å²) in [5.74, 6) is 0.0215. The number of rotatable bonds is 6. The van der Waals surface area contributed by atoms with Crippen LogP contribution in [0.5, 0.6) is 0 Å². The molecule has 0 spiro atoms. The normalized spacial score (nSPS) is 16.7. The molecule has 10 nitrogen and oxygen atoms in total. The molecule has 2 heterocycles. The van der Waals surface area contributed by atoms with E-state index in [1.165, 1.54) is 18.4 Å². The number of nitrogens with zero attached hydrogens (tertiary/aromatic N) is 5. The first-order valence-electron chi connectivity index (χ1n) is 9.40. The molecule has 0 bridgehead atoms. The molecule has 0 atom stereocenters. The molecule has 1 aromatic rings. The van der Waals surface area contributed by atoms with Crippen molar-refractivity contribution in [1.29, 1.82) is 0 Å². The number of aromatic nitrogens is 2. The van der Waals surface area contributed by atoms with Crippen LogP contribution in [0.2, 0.25) is 0 Å². The summed E-state index contributed by atoms with van der Waals surface area (Å²) in [6, 6.07) is 0. The van der Waals surface area contributed by atoms with E-state index in [0.29, 0.717) is 32.6 Å². The number of hydrogen-bond acceptors (Lipinski definition) is 6. The maximum Gasteiger partial charge on any atom is 0.330 e. The molecule has 2 rings (SSSR count). The minimum atomic E-state index is -4.04. The zero-order chi connectivity index (χ0) is 21.1. The van der Waals surface area contributed by atoms with Gasteiger partial charge in [0.15, 0.2) is 4.90 Å².